The maximum Gasteiger partial charge on any atom is 0.243 e. The zero-order valence-corrected chi connectivity index (χ0v) is 11.1. The predicted octanol–water partition coefficient (Wildman–Crippen LogP) is -1.51. The van der Waals surface area contributed by atoms with Crippen LogP contribution in [0.25, 0.3) is 0 Å². The second-order valence-electron chi connectivity index (χ2n) is 3.98. The molecule has 0 aromatic carbocycles. The molecule has 2 atom stereocenters. The number of ether oxygens (including phenoxy) is 3. The highest BCUT2D eigenvalue weighted by molar-refractivity contribution is 5.74. The summed E-state index contributed by atoms with van der Waals surface area (Å²) in [6, 6.07) is 0. The summed E-state index contributed by atoms with van der Waals surface area (Å²) in [7, 11) is 1.60. The van der Waals surface area contributed by atoms with Crippen LogP contribution < -0.4 is 11.1 Å². The van der Waals surface area contributed by atoms with E-state index in [4.69, 9.17) is 19.9 Å². The molecular weight excluding hydrogens is 240 g/mol. The molecule has 1 amide bonds. The lowest BCUT2D eigenvalue weighted by Crippen LogP contribution is -2.34. The topological polar surface area (TPSA) is 103 Å². The average molecular weight is 264 g/mol. The standard InChI is InChI=1S/C11H24N2O5/c1-9(6-16-2)18-7-10(14)5-13-3-4-17-8-11(12)15/h9-10,13-14H,3-8H2,1-2H3,(H2,12,15). The number of carbonyl (C=O) groups is 1. The molecule has 0 rings (SSSR count). The first-order valence-corrected chi connectivity index (χ1v) is 5.91. The third-order valence-electron chi connectivity index (χ3n) is 2.02. The number of rotatable bonds is 12. The van der Waals surface area contributed by atoms with E-state index in [1.165, 1.54) is 0 Å². The largest absolute Gasteiger partial charge is 0.389 e. The molecule has 4 N–H and O–H groups in total. The Balaban J connectivity index is 3.31. The number of carbonyl (C=O) groups excluding carboxylic acids is 1. The van der Waals surface area contributed by atoms with E-state index >= 15 is 0 Å². The molecule has 7 nitrogen and oxygen atoms in total. The molecule has 7 heteroatoms. The van der Waals surface area contributed by atoms with Crippen LogP contribution in [-0.2, 0) is 19.0 Å². The van der Waals surface area contributed by atoms with Crippen molar-refractivity contribution in [2.24, 2.45) is 5.73 Å². The summed E-state index contributed by atoms with van der Waals surface area (Å²) in [5, 5.41) is 12.5. The number of amides is 1. The Labute approximate surface area is 108 Å². The zero-order chi connectivity index (χ0) is 13.8. The van der Waals surface area contributed by atoms with Gasteiger partial charge in [-0.05, 0) is 6.92 Å². The molecule has 0 aromatic heterocycles. The number of aliphatic hydroxyl groups excluding tert-OH is 1. The zero-order valence-electron chi connectivity index (χ0n) is 11.1. The molecule has 0 heterocycles. The van der Waals surface area contributed by atoms with Crippen molar-refractivity contribution in [1.29, 1.82) is 0 Å². The summed E-state index contributed by atoms with van der Waals surface area (Å²) in [6.45, 7) is 3.86. The third kappa shape index (κ3) is 11.7. The van der Waals surface area contributed by atoms with Gasteiger partial charge in [-0.15, -0.1) is 0 Å². The van der Waals surface area contributed by atoms with Crippen molar-refractivity contribution >= 4 is 5.91 Å². The van der Waals surface area contributed by atoms with E-state index in [1.807, 2.05) is 6.92 Å². The molecule has 0 spiro atoms. The fourth-order valence-electron chi connectivity index (χ4n) is 1.20. The predicted molar refractivity (Wildman–Crippen MR) is 66.2 cm³/mol. The summed E-state index contributed by atoms with van der Waals surface area (Å²) in [5.74, 6) is -0.490. The van der Waals surface area contributed by atoms with Crippen LogP contribution in [0.2, 0.25) is 0 Å². The van der Waals surface area contributed by atoms with E-state index in [-0.39, 0.29) is 19.3 Å². The number of methoxy groups -OCH3 is 1. The maximum absolute atomic E-state index is 10.4. The molecule has 0 aromatic rings. The van der Waals surface area contributed by atoms with Crippen LogP contribution in [-0.4, -0.2) is 69.8 Å². The van der Waals surface area contributed by atoms with Crippen molar-refractivity contribution in [3.8, 4) is 0 Å². The number of hydrogen-bond donors (Lipinski definition) is 3. The second-order valence-corrected chi connectivity index (χ2v) is 3.98. The third-order valence-corrected chi connectivity index (χ3v) is 2.02. The highest BCUT2D eigenvalue weighted by Crippen LogP contribution is 1.93. The Kier molecular flexibility index (Phi) is 10.9. The lowest BCUT2D eigenvalue weighted by atomic mass is 10.3. The highest BCUT2D eigenvalue weighted by atomic mass is 16.5. The lowest BCUT2D eigenvalue weighted by molar-refractivity contribution is -0.122. The quantitative estimate of drug-likeness (QED) is 0.370. The van der Waals surface area contributed by atoms with Gasteiger partial charge in [-0.2, -0.15) is 0 Å². The first kappa shape index (κ1) is 17.3. The van der Waals surface area contributed by atoms with Crippen LogP contribution >= 0.6 is 0 Å². The first-order valence-electron chi connectivity index (χ1n) is 5.91. The Morgan fingerprint density at radius 2 is 2.17 bits per heavy atom. The van der Waals surface area contributed by atoms with E-state index in [1.54, 1.807) is 7.11 Å². The van der Waals surface area contributed by atoms with Crippen molar-refractivity contribution in [1.82, 2.24) is 5.32 Å². The van der Waals surface area contributed by atoms with Gasteiger partial charge in [0.1, 0.15) is 6.61 Å². The summed E-state index contributed by atoms with van der Waals surface area (Å²) >= 11 is 0. The van der Waals surface area contributed by atoms with Gasteiger partial charge in [-0.25, -0.2) is 0 Å². The lowest BCUT2D eigenvalue weighted by Gasteiger charge is -2.16. The van der Waals surface area contributed by atoms with Crippen LogP contribution in [0.15, 0.2) is 0 Å². The van der Waals surface area contributed by atoms with Gasteiger partial charge in [-0.1, -0.05) is 0 Å². The van der Waals surface area contributed by atoms with Gasteiger partial charge in [0.25, 0.3) is 0 Å². The van der Waals surface area contributed by atoms with Crippen LogP contribution in [0.5, 0.6) is 0 Å². The van der Waals surface area contributed by atoms with E-state index in [0.717, 1.165) is 0 Å². The van der Waals surface area contributed by atoms with Gasteiger partial charge in [0.05, 0.1) is 32.0 Å². The Morgan fingerprint density at radius 1 is 1.44 bits per heavy atom. The van der Waals surface area contributed by atoms with Gasteiger partial charge >= 0.3 is 0 Å². The summed E-state index contributed by atoms with van der Waals surface area (Å²) in [5.41, 5.74) is 4.90. The van der Waals surface area contributed by atoms with Gasteiger partial charge in [0, 0.05) is 20.2 Å². The van der Waals surface area contributed by atoms with Crippen LogP contribution in [0.3, 0.4) is 0 Å². The fraction of sp³-hybridized carbons (Fsp3) is 0.909. The van der Waals surface area contributed by atoms with Crippen LogP contribution in [0, 0.1) is 0 Å². The molecule has 0 bridgehead atoms. The van der Waals surface area contributed by atoms with E-state index in [9.17, 15) is 9.90 Å². The smallest absolute Gasteiger partial charge is 0.243 e. The van der Waals surface area contributed by atoms with E-state index in [2.05, 4.69) is 5.32 Å². The van der Waals surface area contributed by atoms with Crippen LogP contribution in [0.1, 0.15) is 6.92 Å². The number of hydrogen-bond acceptors (Lipinski definition) is 6. The number of nitrogens with two attached hydrogens (primary N) is 1. The molecule has 0 saturated heterocycles. The SMILES string of the molecule is COCC(C)OCC(O)CNCCOCC(N)=O. The van der Waals surface area contributed by atoms with Gasteiger partial charge in [0.15, 0.2) is 0 Å². The van der Waals surface area contributed by atoms with E-state index in [0.29, 0.717) is 26.3 Å². The van der Waals surface area contributed by atoms with Crippen molar-refractivity contribution in [2.45, 2.75) is 19.1 Å². The van der Waals surface area contributed by atoms with Crippen LogP contribution in [0.4, 0.5) is 0 Å². The molecule has 2 unspecified atom stereocenters. The molecule has 0 aliphatic heterocycles. The molecule has 18 heavy (non-hydrogen) atoms. The Bertz CT molecular complexity index is 216. The number of aliphatic hydroxyl groups is 1. The van der Waals surface area contributed by atoms with Crippen molar-refractivity contribution in [2.75, 3.05) is 46.6 Å². The second kappa shape index (κ2) is 11.4. The summed E-state index contributed by atoms with van der Waals surface area (Å²) < 4.78 is 15.2. The highest BCUT2D eigenvalue weighted by Gasteiger charge is 2.07. The van der Waals surface area contributed by atoms with Crippen molar-refractivity contribution < 1.29 is 24.1 Å². The van der Waals surface area contributed by atoms with Gasteiger partial charge in [0.2, 0.25) is 5.91 Å². The Morgan fingerprint density at radius 3 is 2.78 bits per heavy atom. The fourth-order valence-corrected chi connectivity index (χ4v) is 1.20. The van der Waals surface area contributed by atoms with Gasteiger partial charge in [-0.3, -0.25) is 4.79 Å². The molecule has 0 radical (unpaired) electrons. The van der Waals surface area contributed by atoms with Gasteiger partial charge < -0.3 is 30.4 Å². The Hall–Kier alpha value is -0.730. The monoisotopic (exact) mass is 264 g/mol. The molecule has 0 fully saturated rings. The van der Waals surface area contributed by atoms with Crippen molar-refractivity contribution in [3.05, 3.63) is 0 Å². The average Bonchev–Trinajstić information content (AvgIpc) is 2.31. The number of primary amides is 1. The minimum atomic E-state index is -0.583. The molecule has 0 saturated carbocycles. The normalized spacial score (nSPS) is 14.4. The molecule has 0 aliphatic rings. The summed E-state index contributed by atoms with van der Waals surface area (Å²) in [6.07, 6.45) is -0.621. The van der Waals surface area contributed by atoms with Crippen molar-refractivity contribution in [3.63, 3.8) is 0 Å². The maximum atomic E-state index is 10.4. The minimum absolute atomic E-state index is 0.0384. The first-order chi connectivity index (χ1) is 8.56. The molecular formula is C11H24N2O5. The minimum Gasteiger partial charge on any atom is -0.389 e. The molecule has 108 valence electrons. The molecule has 0 aliphatic carbocycles. The summed E-state index contributed by atoms with van der Waals surface area (Å²) in [4.78, 5) is 10.4. The van der Waals surface area contributed by atoms with E-state index < -0.39 is 12.0 Å². The number of nitrogens with one attached hydrogen (secondary N) is 1.